The summed E-state index contributed by atoms with van der Waals surface area (Å²) in [6.07, 6.45) is 4.89. The predicted octanol–water partition coefficient (Wildman–Crippen LogP) is 5.98. The van der Waals surface area contributed by atoms with Gasteiger partial charge >= 0.3 is 0 Å². The van der Waals surface area contributed by atoms with Gasteiger partial charge in [0.1, 0.15) is 0 Å². The molecule has 0 aromatic heterocycles. The minimum Gasteiger partial charge on any atom is -0.377 e. The number of nitrogens with zero attached hydrogens (tertiary/aromatic N) is 1. The highest BCUT2D eigenvalue weighted by Crippen LogP contribution is 2.51. The summed E-state index contributed by atoms with van der Waals surface area (Å²) in [7, 11) is -3.78. The van der Waals surface area contributed by atoms with Crippen molar-refractivity contribution in [2.24, 2.45) is 5.92 Å². The molecule has 3 atom stereocenters. The summed E-state index contributed by atoms with van der Waals surface area (Å²) in [5.74, 6) is 0.0184. The minimum absolute atomic E-state index is 0.0334. The molecule has 2 aliphatic rings. The maximum atomic E-state index is 13.0. The fraction of sp³-hybridized carbons (Fsp3) is 0.167. The van der Waals surface area contributed by atoms with E-state index < -0.39 is 10.0 Å². The number of nitrogens with one attached hydrogen (secondary N) is 2. The zero-order valence-electron chi connectivity index (χ0n) is 17.3. The quantitative estimate of drug-likeness (QED) is 0.242. The van der Waals surface area contributed by atoms with Crippen molar-refractivity contribution in [2.75, 3.05) is 10.0 Å². The Morgan fingerprint density at radius 2 is 1.79 bits per heavy atom. The Morgan fingerprint density at radius 1 is 1.03 bits per heavy atom. The van der Waals surface area contributed by atoms with Crippen molar-refractivity contribution in [3.05, 3.63) is 105 Å². The lowest BCUT2D eigenvalue weighted by atomic mass is 9.76. The van der Waals surface area contributed by atoms with Crippen LogP contribution >= 0.6 is 15.9 Å². The van der Waals surface area contributed by atoms with E-state index in [0.29, 0.717) is 11.3 Å². The Morgan fingerprint density at radius 3 is 2.55 bits per heavy atom. The maximum Gasteiger partial charge on any atom is 0.274 e. The molecule has 0 bridgehead atoms. The van der Waals surface area contributed by atoms with Gasteiger partial charge in [-0.15, -0.1) is 0 Å². The molecule has 9 heteroatoms. The Balaban J connectivity index is 1.51. The lowest BCUT2D eigenvalue weighted by Gasteiger charge is -2.37. The van der Waals surface area contributed by atoms with Crippen molar-refractivity contribution < 1.29 is 13.3 Å². The molecule has 3 aromatic rings. The van der Waals surface area contributed by atoms with E-state index in [1.165, 1.54) is 6.07 Å². The molecule has 33 heavy (non-hydrogen) atoms. The average Bonchev–Trinajstić information content (AvgIpc) is 3.30. The van der Waals surface area contributed by atoms with Crippen molar-refractivity contribution in [3.8, 4) is 0 Å². The van der Waals surface area contributed by atoms with Gasteiger partial charge in [0.2, 0.25) is 0 Å². The minimum atomic E-state index is -3.78. The summed E-state index contributed by atoms with van der Waals surface area (Å²) < 4.78 is 29.5. The second kappa shape index (κ2) is 8.31. The molecule has 0 unspecified atom stereocenters. The SMILES string of the molecule is O=[N+]([O-])c1ccccc1[C@H]1Nc2ccc(S(=O)(=O)Nc3ccc(Br)cc3)cc2[C@H]2C=CC[C@H]21. The van der Waals surface area contributed by atoms with Crippen LogP contribution in [0.4, 0.5) is 17.1 Å². The highest BCUT2D eigenvalue weighted by molar-refractivity contribution is 9.10. The second-order valence-corrected chi connectivity index (χ2v) is 10.8. The summed E-state index contributed by atoms with van der Waals surface area (Å²) >= 11 is 3.34. The van der Waals surface area contributed by atoms with Gasteiger partial charge in [0.25, 0.3) is 15.7 Å². The van der Waals surface area contributed by atoms with E-state index in [-0.39, 0.29) is 33.4 Å². The fourth-order valence-corrected chi connectivity index (χ4v) is 6.05. The van der Waals surface area contributed by atoms with Gasteiger partial charge in [-0.25, -0.2) is 8.42 Å². The number of fused-ring (bicyclic) bond motifs is 3. The van der Waals surface area contributed by atoms with Crippen LogP contribution in [0.15, 0.2) is 88.3 Å². The van der Waals surface area contributed by atoms with E-state index in [4.69, 9.17) is 0 Å². The standard InChI is InChI=1S/C24H20BrN3O4S/c25-15-8-10-16(11-9-15)27-33(31,32)17-12-13-22-21(14-17)18-5-3-6-19(18)24(26-22)20-4-1-2-7-23(20)28(29)30/h1-5,7-14,18-19,24,26-27H,6H2/t18-,19+,24-/m0/s1. The molecule has 168 valence electrons. The van der Waals surface area contributed by atoms with Crippen molar-refractivity contribution in [1.29, 1.82) is 0 Å². The van der Waals surface area contributed by atoms with Crippen molar-refractivity contribution >= 4 is 43.0 Å². The first kappa shape index (κ1) is 21.7. The first-order valence-electron chi connectivity index (χ1n) is 10.4. The van der Waals surface area contributed by atoms with Crippen LogP contribution in [0.3, 0.4) is 0 Å². The number of hydrogen-bond donors (Lipinski definition) is 2. The lowest BCUT2D eigenvalue weighted by Crippen LogP contribution is -2.30. The van der Waals surface area contributed by atoms with Gasteiger partial charge < -0.3 is 5.32 Å². The third kappa shape index (κ3) is 4.02. The van der Waals surface area contributed by atoms with Crippen LogP contribution < -0.4 is 10.0 Å². The summed E-state index contributed by atoms with van der Waals surface area (Å²) in [5, 5.41) is 15.1. The molecule has 0 spiro atoms. The number of hydrogen-bond acceptors (Lipinski definition) is 5. The van der Waals surface area contributed by atoms with Crippen LogP contribution in [0.1, 0.15) is 29.5 Å². The van der Waals surface area contributed by atoms with Gasteiger partial charge in [0, 0.05) is 27.8 Å². The summed E-state index contributed by atoms with van der Waals surface area (Å²) in [4.78, 5) is 11.4. The zero-order chi connectivity index (χ0) is 23.2. The van der Waals surface area contributed by atoms with Crippen molar-refractivity contribution in [3.63, 3.8) is 0 Å². The van der Waals surface area contributed by atoms with Crippen LogP contribution in [0.25, 0.3) is 0 Å². The molecule has 1 aliphatic carbocycles. The van der Waals surface area contributed by atoms with Gasteiger partial charge in [-0.05, 0) is 60.4 Å². The Hall–Kier alpha value is -3.17. The van der Waals surface area contributed by atoms with Crippen LogP contribution in [0.5, 0.6) is 0 Å². The maximum absolute atomic E-state index is 13.0. The van der Waals surface area contributed by atoms with Gasteiger partial charge in [0.05, 0.1) is 21.4 Å². The van der Waals surface area contributed by atoms with Crippen LogP contribution in [0, 0.1) is 16.0 Å². The van der Waals surface area contributed by atoms with E-state index >= 15 is 0 Å². The van der Waals surface area contributed by atoms with Crippen LogP contribution in [-0.4, -0.2) is 13.3 Å². The van der Waals surface area contributed by atoms with Gasteiger partial charge in [-0.2, -0.15) is 0 Å². The highest BCUT2D eigenvalue weighted by atomic mass is 79.9. The Bertz CT molecular complexity index is 1370. The Labute approximate surface area is 199 Å². The monoisotopic (exact) mass is 525 g/mol. The third-order valence-corrected chi connectivity index (χ3v) is 8.12. The van der Waals surface area contributed by atoms with Crippen molar-refractivity contribution in [2.45, 2.75) is 23.3 Å². The highest BCUT2D eigenvalue weighted by Gasteiger charge is 2.40. The molecule has 1 aliphatic heterocycles. The first-order valence-corrected chi connectivity index (χ1v) is 12.7. The van der Waals surface area contributed by atoms with Crippen LogP contribution in [0.2, 0.25) is 0 Å². The number of halogens is 1. The summed E-state index contributed by atoms with van der Waals surface area (Å²) in [6, 6.07) is 18.5. The zero-order valence-corrected chi connectivity index (χ0v) is 19.7. The third-order valence-electron chi connectivity index (χ3n) is 6.21. The molecular weight excluding hydrogens is 506 g/mol. The van der Waals surface area contributed by atoms with E-state index in [0.717, 1.165) is 22.1 Å². The topological polar surface area (TPSA) is 101 Å². The molecule has 5 rings (SSSR count). The number of para-hydroxylation sites is 1. The lowest BCUT2D eigenvalue weighted by molar-refractivity contribution is -0.385. The van der Waals surface area contributed by atoms with E-state index in [1.807, 2.05) is 0 Å². The molecule has 1 heterocycles. The number of nitro groups is 1. The predicted molar refractivity (Wildman–Crippen MR) is 131 cm³/mol. The number of sulfonamides is 1. The number of nitro benzene ring substituents is 1. The molecule has 3 aromatic carbocycles. The molecular formula is C24H20BrN3O4S. The molecule has 0 fully saturated rings. The largest absolute Gasteiger partial charge is 0.377 e. The molecule has 0 saturated heterocycles. The average molecular weight is 526 g/mol. The van der Waals surface area contributed by atoms with Crippen molar-refractivity contribution in [1.82, 2.24) is 0 Å². The second-order valence-electron chi connectivity index (χ2n) is 8.15. The van der Waals surface area contributed by atoms with Gasteiger partial charge in [0.15, 0.2) is 0 Å². The van der Waals surface area contributed by atoms with Crippen LogP contribution in [-0.2, 0) is 10.0 Å². The first-order chi connectivity index (χ1) is 15.8. The summed E-state index contributed by atoms with van der Waals surface area (Å²) in [6.45, 7) is 0. The van der Waals surface area contributed by atoms with E-state index in [1.54, 1.807) is 60.7 Å². The van der Waals surface area contributed by atoms with Gasteiger partial charge in [-0.3, -0.25) is 14.8 Å². The number of anilines is 2. The number of allylic oxidation sites excluding steroid dienone is 2. The van der Waals surface area contributed by atoms with E-state index in [9.17, 15) is 18.5 Å². The fourth-order valence-electron chi connectivity index (χ4n) is 4.70. The molecule has 2 N–H and O–H groups in total. The smallest absolute Gasteiger partial charge is 0.274 e. The van der Waals surface area contributed by atoms with Gasteiger partial charge in [-0.1, -0.05) is 46.3 Å². The summed E-state index contributed by atoms with van der Waals surface area (Å²) in [5.41, 5.74) is 2.86. The molecule has 0 amide bonds. The molecule has 0 saturated carbocycles. The normalized spacial score (nSPS) is 21.1. The van der Waals surface area contributed by atoms with E-state index in [2.05, 4.69) is 38.1 Å². The number of rotatable bonds is 5. The molecule has 7 nitrogen and oxygen atoms in total. The number of benzene rings is 3. The Kier molecular flexibility index (Phi) is 5.46. The molecule has 0 radical (unpaired) electrons.